The summed E-state index contributed by atoms with van der Waals surface area (Å²) in [7, 11) is 0. The molecule has 2 rings (SSSR count). The maximum atomic E-state index is 12.3. The normalized spacial score (nSPS) is 15.8. The lowest BCUT2D eigenvalue weighted by atomic mass is 9.94. The second kappa shape index (κ2) is 7.56. The average Bonchev–Trinajstić information content (AvgIpc) is 2.88. The van der Waals surface area contributed by atoms with Crippen LogP contribution in [-0.4, -0.2) is 40.9 Å². The minimum Gasteiger partial charge on any atom is -0.396 e. The molecule has 0 saturated heterocycles. The molecular formula is C15H26N4O2. The molecule has 0 aliphatic carbocycles. The molecule has 1 aliphatic rings. The van der Waals surface area contributed by atoms with Crippen LogP contribution in [-0.2, 0) is 13.0 Å². The molecular weight excluding hydrogens is 268 g/mol. The van der Waals surface area contributed by atoms with Crippen molar-refractivity contribution in [1.29, 1.82) is 0 Å². The number of aliphatic hydroxyl groups excluding tert-OH is 1. The zero-order chi connectivity index (χ0) is 15.2. The van der Waals surface area contributed by atoms with Crippen LogP contribution in [0.3, 0.4) is 0 Å². The van der Waals surface area contributed by atoms with Crippen LogP contribution in [0.4, 0.5) is 0 Å². The van der Waals surface area contributed by atoms with Gasteiger partial charge in [0.05, 0.1) is 0 Å². The Hall–Kier alpha value is -1.40. The highest BCUT2D eigenvalue weighted by Gasteiger charge is 2.22. The monoisotopic (exact) mass is 294 g/mol. The summed E-state index contributed by atoms with van der Waals surface area (Å²) in [5.41, 5.74) is 2.55. The van der Waals surface area contributed by atoms with Crippen molar-refractivity contribution >= 4 is 5.91 Å². The first kappa shape index (κ1) is 16.0. The van der Waals surface area contributed by atoms with Crippen LogP contribution in [0.2, 0.25) is 0 Å². The van der Waals surface area contributed by atoms with Crippen molar-refractivity contribution < 1.29 is 9.90 Å². The van der Waals surface area contributed by atoms with E-state index in [9.17, 15) is 4.79 Å². The van der Waals surface area contributed by atoms with Crippen LogP contribution in [0.1, 0.15) is 48.4 Å². The summed E-state index contributed by atoms with van der Waals surface area (Å²) >= 11 is 0. The van der Waals surface area contributed by atoms with Gasteiger partial charge >= 0.3 is 0 Å². The molecule has 0 fully saturated rings. The molecule has 6 heteroatoms. The Morgan fingerprint density at radius 1 is 1.48 bits per heavy atom. The largest absolute Gasteiger partial charge is 0.396 e. The predicted molar refractivity (Wildman–Crippen MR) is 81.0 cm³/mol. The van der Waals surface area contributed by atoms with Gasteiger partial charge in [-0.05, 0) is 24.7 Å². The highest BCUT2D eigenvalue weighted by Crippen LogP contribution is 2.17. The number of amides is 1. The molecule has 0 spiro atoms. The van der Waals surface area contributed by atoms with Gasteiger partial charge in [0.15, 0.2) is 5.69 Å². The average molecular weight is 294 g/mol. The second-order valence-corrected chi connectivity index (χ2v) is 6.17. The number of H-pyrrole nitrogens is 1. The van der Waals surface area contributed by atoms with Gasteiger partial charge in [-0.2, -0.15) is 5.10 Å². The standard InChI is InChI=1S/C15H26N4O2/c1-10(2)7-11(4-6-20)8-17-15(21)14-12-9-16-5-3-13(12)18-19-14/h10-11,16,20H,3-9H2,1-2H3,(H,17,21)(H,18,19). The van der Waals surface area contributed by atoms with Crippen LogP contribution in [0.25, 0.3) is 0 Å². The minimum absolute atomic E-state index is 0.122. The third-order valence-electron chi connectivity index (χ3n) is 3.91. The van der Waals surface area contributed by atoms with Crippen LogP contribution >= 0.6 is 0 Å². The molecule has 1 atom stereocenters. The summed E-state index contributed by atoms with van der Waals surface area (Å²) < 4.78 is 0. The number of aromatic nitrogens is 2. The van der Waals surface area contributed by atoms with Gasteiger partial charge in [-0.1, -0.05) is 13.8 Å². The van der Waals surface area contributed by atoms with Crippen LogP contribution in [0.5, 0.6) is 0 Å². The van der Waals surface area contributed by atoms with E-state index in [0.29, 0.717) is 30.6 Å². The maximum absolute atomic E-state index is 12.3. The van der Waals surface area contributed by atoms with Crippen LogP contribution in [0.15, 0.2) is 0 Å². The Labute approximate surface area is 125 Å². The van der Waals surface area contributed by atoms with Gasteiger partial charge in [-0.3, -0.25) is 9.89 Å². The molecule has 0 saturated carbocycles. The molecule has 1 unspecified atom stereocenters. The minimum atomic E-state index is -0.122. The van der Waals surface area contributed by atoms with Crippen molar-refractivity contribution in [2.24, 2.45) is 11.8 Å². The molecule has 4 N–H and O–H groups in total. The van der Waals surface area contributed by atoms with Gasteiger partial charge < -0.3 is 15.7 Å². The van der Waals surface area contributed by atoms with E-state index in [-0.39, 0.29) is 12.5 Å². The first-order valence-electron chi connectivity index (χ1n) is 7.77. The zero-order valence-electron chi connectivity index (χ0n) is 12.9. The lowest BCUT2D eigenvalue weighted by Crippen LogP contribution is -2.32. The van der Waals surface area contributed by atoms with Gasteiger partial charge in [-0.15, -0.1) is 0 Å². The smallest absolute Gasteiger partial charge is 0.272 e. The molecule has 0 bridgehead atoms. The molecule has 6 nitrogen and oxygen atoms in total. The van der Waals surface area contributed by atoms with E-state index in [4.69, 9.17) is 5.11 Å². The molecule has 2 heterocycles. The van der Waals surface area contributed by atoms with Gasteiger partial charge in [-0.25, -0.2) is 0 Å². The Bertz CT molecular complexity index is 470. The van der Waals surface area contributed by atoms with Crippen molar-refractivity contribution in [2.75, 3.05) is 19.7 Å². The molecule has 1 aliphatic heterocycles. The quantitative estimate of drug-likeness (QED) is 0.599. The number of carbonyl (C=O) groups excluding carboxylic acids is 1. The van der Waals surface area contributed by atoms with Crippen LogP contribution in [0, 0.1) is 11.8 Å². The Morgan fingerprint density at radius 3 is 3.00 bits per heavy atom. The maximum Gasteiger partial charge on any atom is 0.272 e. The molecule has 1 aromatic heterocycles. The number of nitrogens with one attached hydrogen (secondary N) is 3. The zero-order valence-corrected chi connectivity index (χ0v) is 12.9. The number of rotatable bonds is 7. The van der Waals surface area contributed by atoms with Crippen molar-refractivity contribution in [2.45, 2.75) is 39.7 Å². The van der Waals surface area contributed by atoms with E-state index in [1.165, 1.54) is 0 Å². The van der Waals surface area contributed by atoms with E-state index in [1.54, 1.807) is 0 Å². The van der Waals surface area contributed by atoms with Crippen molar-refractivity contribution in [3.05, 3.63) is 17.0 Å². The van der Waals surface area contributed by atoms with Crippen molar-refractivity contribution in [1.82, 2.24) is 20.8 Å². The molecule has 1 aromatic rings. The number of fused-ring (bicyclic) bond motifs is 1. The second-order valence-electron chi connectivity index (χ2n) is 6.17. The number of carbonyl (C=O) groups is 1. The van der Waals surface area contributed by atoms with Gasteiger partial charge in [0, 0.05) is 43.9 Å². The Kier molecular flexibility index (Phi) is 5.76. The molecule has 0 aromatic carbocycles. The number of aromatic amines is 1. The van der Waals surface area contributed by atoms with Crippen LogP contribution < -0.4 is 10.6 Å². The number of aliphatic hydroxyl groups is 1. The van der Waals surface area contributed by atoms with E-state index < -0.39 is 0 Å². The van der Waals surface area contributed by atoms with E-state index in [0.717, 1.165) is 37.1 Å². The SMILES string of the molecule is CC(C)CC(CCO)CNC(=O)c1n[nH]c2c1CNCC2. The lowest BCUT2D eigenvalue weighted by Gasteiger charge is -2.18. The van der Waals surface area contributed by atoms with Gasteiger partial charge in [0.25, 0.3) is 5.91 Å². The highest BCUT2D eigenvalue weighted by atomic mass is 16.3. The first-order valence-corrected chi connectivity index (χ1v) is 7.77. The summed E-state index contributed by atoms with van der Waals surface area (Å²) in [6, 6.07) is 0. The molecule has 21 heavy (non-hydrogen) atoms. The highest BCUT2D eigenvalue weighted by molar-refractivity contribution is 5.94. The van der Waals surface area contributed by atoms with E-state index in [2.05, 4.69) is 34.7 Å². The molecule has 118 valence electrons. The topological polar surface area (TPSA) is 90.0 Å². The van der Waals surface area contributed by atoms with Gasteiger partial charge in [0.1, 0.15) is 0 Å². The third kappa shape index (κ3) is 4.28. The fraction of sp³-hybridized carbons (Fsp3) is 0.733. The van der Waals surface area contributed by atoms with E-state index >= 15 is 0 Å². The first-order chi connectivity index (χ1) is 10.1. The summed E-state index contributed by atoms with van der Waals surface area (Å²) in [4.78, 5) is 12.3. The number of nitrogens with zero attached hydrogens (tertiary/aromatic N) is 1. The Balaban J connectivity index is 1.93. The number of hydrogen-bond acceptors (Lipinski definition) is 4. The summed E-state index contributed by atoms with van der Waals surface area (Å²) in [5, 5.41) is 22.5. The summed E-state index contributed by atoms with van der Waals surface area (Å²) in [6.45, 7) is 6.68. The Morgan fingerprint density at radius 2 is 2.29 bits per heavy atom. The third-order valence-corrected chi connectivity index (χ3v) is 3.91. The molecule has 0 radical (unpaired) electrons. The van der Waals surface area contributed by atoms with Crippen molar-refractivity contribution in [3.8, 4) is 0 Å². The number of hydrogen-bond donors (Lipinski definition) is 4. The summed E-state index contributed by atoms with van der Waals surface area (Å²) in [5.74, 6) is 0.746. The summed E-state index contributed by atoms with van der Waals surface area (Å²) in [6.07, 6.45) is 2.61. The predicted octanol–water partition coefficient (Wildman–Crippen LogP) is 0.830. The lowest BCUT2D eigenvalue weighted by molar-refractivity contribution is 0.0935. The fourth-order valence-corrected chi connectivity index (χ4v) is 2.89. The van der Waals surface area contributed by atoms with Gasteiger partial charge in [0.2, 0.25) is 0 Å². The fourth-order valence-electron chi connectivity index (χ4n) is 2.89. The molecule has 1 amide bonds. The van der Waals surface area contributed by atoms with E-state index in [1.807, 2.05) is 0 Å². The van der Waals surface area contributed by atoms with Crippen molar-refractivity contribution in [3.63, 3.8) is 0 Å².